The molecule has 0 aromatic carbocycles. The van der Waals surface area contributed by atoms with Gasteiger partial charge in [-0.25, -0.2) is 9.97 Å². The number of nitrogens with one attached hydrogen (secondary N) is 1. The van der Waals surface area contributed by atoms with Crippen molar-refractivity contribution in [3.8, 4) is 11.1 Å². The second-order valence-electron chi connectivity index (χ2n) is 7.24. The Balaban J connectivity index is 1.49. The van der Waals surface area contributed by atoms with E-state index >= 15 is 0 Å². The molecule has 0 spiro atoms. The minimum atomic E-state index is -0.207. The molecule has 0 unspecified atom stereocenters. The molecule has 1 aliphatic rings. The van der Waals surface area contributed by atoms with Gasteiger partial charge in [0.1, 0.15) is 11.8 Å². The predicted molar refractivity (Wildman–Crippen MR) is 113 cm³/mol. The van der Waals surface area contributed by atoms with Crippen molar-refractivity contribution in [1.29, 1.82) is 0 Å². The van der Waals surface area contributed by atoms with Gasteiger partial charge in [0.2, 0.25) is 5.95 Å². The minimum Gasteiger partial charge on any atom is -0.368 e. The van der Waals surface area contributed by atoms with Crippen molar-refractivity contribution in [1.82, 2.24) is 25.3 Å². The van der Waals surface area contributed by atoms with E-state index in [0.29, 0.717) is 18.8 Å². The van der Waals surface area contributed by atoms with E-state index in [1.54, 1.807) is 19.3 Å². The van der Waals surface area contributed by atoms with E-state index in [0.717, 1.165) is 40.7 Å². The van der Waals surface area contributed by atoms with Gasteiger partial charge in [-0.1, -0.05) is 12.1 Å². The Bertz CT molecular complexity index is 1020. The van der Waals surface area contributed by atoms with Gasteiger partial charge < -0.3 is 15.0 Å². The second-order valence-corrected chi connectivity index (χ2v) is 7.24. The highest BCUT2D eigenvalue weighted by atomic mass is 16.5. The third-order valence-corrected chi connectivity index (χ3v) is 4.99. The maximum absolute atomic E-state index is 11.6. The molecule has 0 aliphatic carbocycles. The molecule has 1 aliphatic heterocycles. The average Bonchev–Trinajstić information content (AvgIpc) is 2.78. The molecule has 1 amide bonds. The average molecular weight is 404 g/mol. The number of morpholine rings is 1. The van der Waals surface area contributed by atoms with Crippen LogP contribution in [0, 0.1) is 13.8 Å². The number of aryl methyl sites for hydroxylation is 2. The van der Waals surface area contributed by atoms with Gasteiger partial charge in [-0.3, -0.25) is 14.8 Å². The molecule has 3 aromatic heterocycles. The van der Waals surface area contributed by atoms with Crippen LogP contribution in [0.3, 0.4) is 0 Å². The zero-order valence-electron chi connectivity index (χ0n) is 17.3. The number of carbonyl (C=O) groups is 1. The number of anilines is 1. The fourth-order valence-corrected chi connectivity index (χ4v) is 3.45. The van der Waals surface area contributed by atoms with Crippen LogP contribution in [-0.2, 0) is 4.74 Å². The van der Waals surface area contributed by atoms with E-state index in [1.807, 2.05) is 44.3 Å². The maximum Gasteiger partial charge on any atom is 0.269 e. The Kier molecular flexibility index (Phi) is 5.67. The number of aromatic nitrogens is 4. The van der Waals surface area contributed by atoms with Crippen molar-refractivity contribution in [2.75, 3.05) is 31.6 Å². The van der Waals surface area contributed by atoms with Crippen LogP contribution < -0.4 is 10.2 Å². The molecule has 1 saturated heterocycles. The lowest BCUT2D eigenvalue weighted by molar-refractivity contribution is 0.0364. The van der Waals surface area contributed by atoms with Gasteiger partial charge in [0.15, 0.2) is 0 Å². The van der Waals surface area contributed by atoms with Crippen molar-refractivity contribution in [2.45, 2.75) is 20.0 Å². The summed E-state index contributed by atoms with van der Waals surface area (Å²) in [5.41, 5.74) is 4.99. The van der Waals surface area contributed by atoms with Crippen LogP contribution in [-0.4, -0.2) is 52.6 Å². The van der Waals surface area contributed by atoms with Crippen LogP contribution >= 0.6 is 0 Å². The Morgan fingerprint density at radius 1 is 1.07 bits per heavy atom. The number of amides is 1. The van der Waals surface area contributed by atoms with Gasteiger partial charge in [-0.05, 0) is 32.0 Å². The molecule has 1 N–H and O–H groups in total. The number of rotatable bonds is 4. The van der Waals surface area contributed by atoms with Crippen LogP contribution in [0.2, 0.25) is 0 Å². The maximum atomic E-state index is 11.6. The third-order valence-electron chi connectivity index (χ3n) is 4.99. The van der Waals surface area contributed by atoms with E-state index in [9.17, 15) is 4.79 Å². The lowest BCUT2D eigenvalue weighted by Crippen LogP contribution is -2.39. The zero-order valence-corrected chi connectivity index (χ0v) is 17.3. The number of pyridine rings is 2. The summed E-state index contributed by atoms with van der Waals surface area (Å²) in [6, 6.07) is 9.50. The first kappa shape index (κ1) is 19.9. The topological polar surface area (TPSA) is 93.1 Å². The number of ether oxygens (including phenoxy) is 1. The largest absolute Gasteiger partial charge is 0.368 e. The van der Waals surface area contributed by atoms with Crippen LogP contribution in [0.4, 0.5) is 5.95 Å². The molecule has 8 nitrogen and oxygen atoms in total. The van der Waals surface area contributed by atoms with Gasteiger partial charge in [0.05, 0.1) is 18.8 Å². The smallest absolute Gasteiger partial charge is 0.269 e. The van der Waals surface area contributed by atoms with Gasteiger partial charge in [0.25, 0.3) is 5.91 Å². The predicted octanol–water partition coefficient (Wildman–Crippen LogP) is 2.49. The number of nitrogens with zero attached hydrogens (tertiary/aromatic N) is 5. The summed E-state index contributed by atoms with van der Waals surface area (Å²) in [6.45, 7) is 5.95. The molecule has 0 saturated carbocycles. The highest BCUT2D eigenvalue weighted by Gasteiger charge is 2.25. The van der Waals surface area contributed by atoms with Gasteiger partial charge in [-0.15, -0.1) is 0 Å². The van der Waals surface area contributed by atoms with Crippen LogP contribution in [0.5, 0.6) is 0 Å². The summed E-state index contributed by atoms with van der Waals surface area (Å²) in [5.74, 6) is 0.529. The SMILES string of the molecule is CNC(=O)c1ccc(-c2ccc([C@@H]3CN(c4nc(C)cc(C)n4)CCO3)nc2)cn1. The molecule has 8 heteroatoms. The summed E-state index contributed by atoms with van der Waals surface area (Å²) in [5, 5.41) is 2.57. The highest BCUT2D eigenvalue weighted by molar-refractivity contribution is 5.92. The third kappa shape index (κ3) is 4.28. The minimum absolute atomic E-state index is 0.147. The fraction of sp³-hybridized carbons (Fsp3) is 0.318. The molecule has 0 bridgehead atoms. The van der Waals surface area contributed by atoms with Crippen molar-refractivity contribution in [3.05, 3.63) is 65.5 Å². The van der Waals surface area contributed by atoms with Gasteiger partial charge in [0, 0.05) is 48.5 Å². The van der Waals surface area contributed by atoms with Gasteiger partial charge >= 0.3 is 0 Å². The van der Waals surface area contributed by atoms with E-state index in [1.165, 1.54) is 0 Å². The number of carbonyl (C=O) groups excluding carboxylic acids is 1. The zero-order chi connectivity index (χ0) is 21.1. The monoisotopic (exact) mass is 404 g/mol. The molecule has 30 heavy (non-hydrogen) atoms. The first-order valence-electron chi connectivity index (χ1n) is 9.87. The van der Waals surface area contributed by atoms with E-state index in [4.69, 9.17) is 4.74 Å². The van der Waals surface area contributed by atoms with E-state index in [2.05, 4.69) is 30.2 Å². The highest BCUT2D eigenvalue weighted by Crippen LogP contribution is 2.25. The summed E-state index contributed by atoms with van der Waals surface area (Å²) < 4.78 is 5.96. The number of hydrogen-bond acceptors (Lipinski definition) is 7. The Morgan fingerprint density at radius 3 is 2.37 bits per heavy atom. The van der Waals surface area contributed by atoms with E-state index in [-0.39, 0.29) is 12.0 Å². The lowest BCUT2D eigenvalue weighted by atomic mass is 10.1. The van der Waals surface area contributed by atoms with Crippen molar-refractivity contribution < 1.29 is 9.53 Å². The summed E-state index contributed by atoms with van der Waals surface area (Å²) in [6.07, 6.45) is 3.34. The molecule has 4 heterocycles. The molecule has 154 valence electrons. The summed E-state index contributed by atoms with van der Waals surface area (Å²) in [7, 11) is 1.58. The summed E-state index contributed by atoms with van der Waals surface area (Å²) in [4.78, 5) is 31.7. The van der Waals surface area contributed by atoms with Crippen LogP contribution in [0.15, 0.2) is 42.7 Å². The Morgan fingerprint density at radius 2 is 1.77 bits per heavy atom. The van der Waals surface area contributed by atoms with Crippen molar-refractivity contribution in [2.24, 2.45) is 0 Å². The van der Waals surface area contributed by atoms with Gasteiger partial charge in [-0.2, -0.15) is 0 Å². The standard InChI is InChI=1S/C22H24N6O2/c1-14-10-15(2)27-22(26-14)28-8-9-30-20(13-28)18-6-4-16(11-24-18)17-5-7-19(25-12-17)21(29)23-3/h4-7,10-12,20H,8-9,13H2,1-3H3,(H,23,29)/t20-/m0/s1. The van der Waals surface area contributed by atoms with Crippen LogP contribution in [0.25, 0.3) is 11.1 Å². The Hall–Kier alpha value is -3.39. The van der Waals surface area contributed by atoms with Crippen LogP contribution in [0.1, 0.15) is 33.7 Å². The quantitative estimate of drug-likeness (QED) is 0.714. The molecule has 1 fully saturated rings. The van der Waals surface area contributed by atoms with Crippen molar-refractivity contribution in [3.63, 3.8) is 0 Å². The first-order chi connectivity index (χ1) is 14.5. The second kappa shape index (κ2) is 8.54. The lowest BCUT2D eigenvalue weighted by Gasteiger charge is -2.33. The molecule has 1 atom stereocenters. The number of hydrogen-bond donors (Lipinski definition) is 1. The van der Waals surface area contributed by atoms with Crippen molar-refractivity contribution >= 4 is 11.9 Å². The normalized spacial score (nSPS) is 16.4. The molecular weight excluding hydrogens is 380 g/mol. The molecule has 4 rings (SSSR count). The fourth-order valence-electron chi connectivity index (χ4n) is 3.45. The summed E-state index contributed by atoms with van der Waals surface area (Å²) >= 11 is 0. The first-order valence-corrected chi connectivity index (χ1v) is 9.87. The molecular formula is C22H24N6O2. The molecule has 3 aromatic rings. The van der Waals surface area contributed by atoms with E-state index < -0.39 is 0 Å². The Labute approximate surface area is 175 Å². The molecule has 0 radical (unpaired) electrons.